The third-order valence-electron chi connectivity index (χ3n) is 5.68. The maximum Gasteiger partial charge on any atom is 0.243 e. The number of para-hydroxylation sites is 1. The molecular formula is C23H26ClN7O5S. The second-order valence-electron chi connectivity index (χ2n) is 7.98. The zero-order valence-corrected chi connectivity index (χ0v) is 22.4. The number of hydrogen-bond donors (Lipinski definition) is 1. The molecule has 4 rings (SSSR count). The summed E-state index contributed by atoms with van der Waals surface area (Å²) in [5.74, 6) is 1.00. The first-order chi connectivity index (χ1) is 17.7. The molecule has 4 aromatic rings. The van der Waals surface area contributed by atoms with Gasteiger partial charge >= 0.3 is 0 Å². The molecule has 0 bridgehead atoms. The minimum Gasteiger partial charge on any atom is -0.494 e. The molecule has 0 aliphatic carbocycles. The van der Waals surface area contributed by atoms with Gasteiger partial charge in [0.05, 0.1) is 24.9 Å². The largest absolute Gasteiger partial charge is 0.494 e. The highest BCUT2D eigenvalue weighted by Gasteiger charge is 2.34. The first-order valence-corrected chi connectivity index (χ1v) is 12.9. The Bertz CT molecular complexity index is 1470. The van der Waals surface area contributed by atoms with E-state index in [2.05, 4.69) is 25.0 Å². The van der Waals surface area contributed by atoms with Crippen LogP contribution in [0.3, 0.4) is 0 Å². The van der Waals surface area contributed by atoms with Gasteiger partial charge in [0.1, 0.15) is 34.2 Å². The summed E-state index contributed by atoms with van der Waals surface area (Å²) in [6.45, 7) is 1.51. The van der Waals surface area contributed by atoms with Crippen LogP contribution in [0.4, 0.5) is 5.95 Å². The lowest BCUT2D eigenvalue weighted by Crippen LogP contribution is -2.33. The fourth-order valence-electron chi connectivity index (χ4n) is 3.81. The quantitative estimate of drug-likeness (QED) is 0.317. The van der Waals surface area contributed by atoms with Crippen molar-refractivity contribution in [3.8, 4) is 28.7 Å². The Morgan fingerprint density at radius 1 is 1.03 bits per heavy atom. The van der Waals surface area contributed by atoms with Gasteiger partial charge in [-0.3, -0.25) is 19.0 Å². The van der Waals surface area contributed by atoms with Gasteiger partial charge in [-0.25, -0.2) is 8.42 Å². The fourth-order valence-corrected chi connectivity index (χ4v) is 5.07. The van der Waals surface area contributed by atoms with Gasteiger partial charge in [-0.2, -0.15) is 5.10 Å². The number of halogens is 1. The van der Waals surface area contributed by atoms with Crippen molar-refractivity contribution in [2.75, 3.05) is 26.1 Å². The summed E-state index contributed by atoms with van der Waals surface area (Å²) in [6.07, 6.45) is 2.28. The molecule has 0 unspecified atom stereocenters. The number of pyridine rings is 1. The lowest BCUT2D eigenvalue weighted by atomic mass is 10.2. The molecule has 3 aromatic heterocycles. The Hall–Kier alpha value is -3.68. The molecule has 1 N–H and O–H groups in total. The summed E-state index contributed by atoms with van der Waals surface area (Å²) >= 11 is 5.94. The Kier molecular flexibility index (Phi) is 7.66. The smallest absolute Gasteiger partial charge is 0.243 e. The number of sulfonamides is 1. The summed E-state index contributed by atoms with van der Waals surface area (Å²) in [5, 5.41) is 12.2. The van der Waals surface area contributed by atoms with E-state index in [4.69, 9.17) is 25.8 Å². The third kappa shape index (κ3) is 5.24. The number of nitrogens with one attached hydrogen (secondary N) is 1. The number of anilines is 1. The molecular weight excluding hydrogens is 522 g/mol. The van der Waals surface area contributed by atoms with Crippen molar-refractivity contribution in [3.63, 3.8) is 0 Å². The van der Waals surface area contributed by atoms with Gasteiger partial charge in [0.25, 0.3) is 0 Å². The van der Waals surface area contributed by atoms with E-state index in [1.54, 1.807) is 54.3 Å². The maximum absolute atomic E-state index is 13.6. The minimum absolute atomic E-state index is 0.0887. The second kappa shape index (κ2) is 10.7. The number of hydrogen-bond acceptors (Lipinski definition) is 9. The zero-order chi connectivity index (χ0) is 26.7. The van der Waals surface area contributed by atoms with Crippen LogP contribution in [-0.4, -0.2) is 64.5 Å². The normalized spacial score (nSPS) is 13.2. The zero-order valence-electron chi connectivity index (χ0n) is 20.8. The number of rotatable bonds is 10. The molecule has 1 aromatic carbocycles. The van der Waals surface area contributed by atoms with Gasteiger partial charge in [0, 0.05) is 26.6 Å². The molecule has 0 spiro atoms. The maximum atomic E-state index is 13.6. The average molecular weight is 548 g/mol. The number of ether oxygens (including phenoxy) is 3. The van der Waals surface area contributed by atoms with E-state index in [1.165, 1.54) is 39.0 Å². The molecule has 0 aliphatic rings. The van der Waals surface area contributed by atoms with E-state index in [9.17, 15) is 8.42 Å². The van der Waals surface area contributed by atoms with Crippen molar-refractivity contribution in [3.05, 3.63) is 59.5 Å². The first-order valence-electron chi connectivity index (χ1n) is 11.0. The molecule has 14 heteroatoms. The summed E-state index contributed by atoms with van der Waals surface area (Å²) in [5.41, 5.74) is 1.26. The molecule has 0 aliphatic heterocycles. The van der Waals surface area contributed by atoms with E-state index in [-0.39, 0.29) is 11.8 Å². The van der Waals surface area contributed by atoms with Crippen molar-refractivity contribution in [2.24, 2.45) is 7.05 Å². The lowest BCUT2D eigenvalue weighted by molar-refractivity contribution is 0.0989. The highest BCUT2D eigenvalue weighted by atomic mass is 35.5. The van der Waals surface area contributed by atoms with Crippen molar-refractivity contribution < 1.29 is 22.6 Å². The van der Waals surface area contributed by atoms with E-state index in [0.717, 1.165) is 0 Å². The van der Waals surface area contributed by atoms with Crippen LogP contribution in [0.15, 0.2) is 48.8 Å². The molecule has 3 heterocycles. The van der Waals surface area contributed by atoms with Crippen LogP contribution >= 0.6 is 11.6 Å². The van der Waals surface area contributed by atoms with E-state index >= 15 is 0 Å². The Morgan fingerprint density at radius 2 is 1.73 bits per heavy atom. The Labute approximate surface area is 219 Å². The van der Waals surface area contributed by atoms with Crippen LogP contribution in [0.5, 0.6) is 11.5 Å². The summed E-state index contributed by atoms with van der Waals surface area (Å²) in [6, 6.07) is 10.1. The Balaban J connectivity index is 1.82. The van der Waals surface area contributed by atoms with Crippen LogP contribution in [-0.2, 0) is 21.8 Å². The third-order valence-corrected chi connectivity index (χ3v) is 7.59. The molecule has 12 nitrogen and oxygen atoms in total. The number of benzene rings is 1. The number of nitrogens with zero attached hydrogens (tertiary/aromatic N) is 6. The SMILES string of the molecule is COc1cccc(OC)c1-n1c(NS(=O)(=O)[C@H](C)[C@@H](OC)c2ccc(Cl)cn2)nnc1-c1ccn(C)n1. The lowest BCUT2D eigenvalue weighted by Gasteiger charge is -2.23. The molecule has 0 radical (unpaired) electrons. The van der Waals surface area contributed by atoms with Crippen molar-refractivity contribution in [1.82, 2.24) is 29.5 Å². The summed E-state index contributed by atoms with van der Waals surface area (Å²) in [4.78, 5) is 4.22. The van der Waals surface area contributed by atoms with Crippen LogP contribution < -0.4 is 14.2 Å². The van der Waals surface area contributed by atoms with Gasteiger partial charge in [-0.05, 0) is 37.3 Å². The first kappa shape index (κ1) is 26.4. The highest BCUT2D eigenvalue weighted by molar-refractivity contribution is 7.93. The number of methoxy groups -OCH3 is 3. The van der Waals surface area contributed by atoms with Gasteiger partial charge in [-0.1, -0.05) is 17.7 Å². The summed E-state index contributed by atoms with van der Waals surface area (Å²) < 4.78 is 49.4. The molecule has 37 heavy (non-hydrogen) atoms. The number of aryl methyl sites for hydroxylation is 1. The minimum atomic E-state index is -4.09. The van der Waals surface area contributed by atoms with E-state index in [1.807, 2.05) is 0 Å². The average Bonchev–Trinajstić information content (AvgIpc) is 3.50. The van der Waals surface area contributed by atoms with Gasteiger partial charge in [0.15, 0.2) is 5.82 Å². The predicted molar refractivity (Wildman–Crippen MR) is 138 cm³/mol. The molecule has 0 fully saturated rings. The van der Waals surface area contributed by atoms with Crippen molar-refractivity contribution >= 4 is 27.6 Å². The van der Waals surface area contributed by atoms with Crippen LogP contribution in [0, 0.1) is 0 Å². The molecule has 0 amide bonds. The monoisotopic (exact) mass is 547 g/mol. The second-order valence-corrected chi connectivity index (χ2v) is 10.5. The summed E-state index contributed by atoms with van der Waals surface area (Å²) in [7, 11) is 2.07. The van der Waals surface area contributed by atoms with Crippen molar-refractivity contribution in [1.29, 1.82) is 0 Å². The molecule has 2 atom stereocenters. The number of aromatic nitrogens is 6. The van der Waals surface area contributed by atoms with Gasteiger partial charge in [0.2, 0.25) is 16.0 Å². The molecule has 0 saturated heterocycles. The molecule has 0 saturated carbocycles. The van der Waals surface area contributed by atoms with Gasteiger partial charge in [-0.15, -0.1) is 10.2 Å². The highest BCUT2D eigenvalue weighted by Crippen LogP contribution is 2.38. The standard InChI is InChI=1S/C23H26ClN7O5S/c1-14(21(36-5)16-10-9-15(24)13-25-16)37(32,33)29-23-27-26-22(17-11-12-30(2)28-17)31(23)20-18(34-3)7-6-8-19(20)35-4/h6-14,21H,1-5H3,(H,27,29)/t14-,21-/m1/s1. The van der Waals surface area contributed by atoms with E-state index in [0.29, 0.717) is 33.6 Å². The van der Waals surface area contributed by atoms with Crippen LogP contribution in [0.1, 0.15) is 18.7 Å². The van der Waals surface area contributed by atoms with E-state index < -0.39 is 21.4 Å². The van der Waals surface area contributed by atoms with Crippen LogP contribution in [0.2, 0.25) is 5.02 Å². The van der Waals surface area contributed by atoms with Crippen LogP contribution in [0.25, 0.3) is 17.2 Å². The topological polar surface area (TPSA) is 135 Å². The predicted octanol–water partition coefficient (Wildman–Crippen LogP) is 3.25. The molecule has 196 valence electrons. The van der Waals surface area contributed by atoms with Crippen molar-refractivity contribution in [2.45, 2.75) is 18.3 Å². The van der Waals surface area contributed by atoms with Gasteiger partial charge < -0.3 is 14.2 Å². The Morgan fingerprint density at radius 3 is 2.27 bits per heavy atom. The fraction of sp³-hybridized carbons (Fsp3) is 0.304.